The molecule has 0 bridgehead atoms. The van der Waals surface area contributed by atoms with Crippen molar-refractivity contribution < 1.29 is 4.79 Å². The summed E-state index contributed by atoms with van der Waals surface area (Å²) >= 11 is 0. The van der Waals surface area contributed by atoms with Gasteiger partial charge in [-0.1, -0.05) is 31.1 Å². The minimum atomic E-state index is 0.255. The number of hydrogen-bond acceptors (Lipinski definition) is 1. The lowest BCUT2D eigenvalue weighted by atomic mass is 9.67. The smallest absolute Gasteiger partial charge is 0.163 e. The van der Waals surface area contributed by atoms with Crippen LogP contribution < -0.4 is 0 Å². The van der Waals surface area contributed by atoms with E-state index < -0.39 is 0 Å². The molecule has 0 aliphatic heterocycles. The summed E-state index contributed by atoms with van der Waals surface area (Å²) < 4.78 is 0. The fraction of sp³-hybridized carbons (Fsp3) is 0.545. The number of allylic oxidation sites excluding steroid dienone is 4. The molecule has 64 valence electrons. The van der Waals surface area contributed by atoms with E-state index in [1.807, 2.05) is 0 Å². The first-order chi connectivity index (χ1) is 5.79. The highest BCUT2D eigenvalue weighted by Gasteiger charge is 2.43. The van der Waals surface area contributed by atoms with E-state index >= 15 is 0 Å². The van der Waals surface area contributed by atoms with Gasteiger partial charge in [-0.15, -0.1) is 0 Å². The van der Waals surface area contributed by atoms with E-state index in [2.05, 4.69) is 19.9 Å². The van der Waals surface area contributed by atoms with Crippen LogP contribution in [0, 0.1) is 11.8 Å². The van der Waals surface area contributed by atoms with E-state index in [-0.39, 0.29) is 5.92 Å². The molecule has 12 heavy (non-hydrogen) atoms. The molecule has 0 fully saturated rings. The molecule has 0 spiro atoms. The topological polar surface area (TPSA) is 17.1 Å². The Hall–Kier alpha value is -0.850. The molecule has 1 heteroatoms. The Morgan fingerprint density at radius 3 is 2.50 bits per heavy atom. The first-order valence-corrected chi connectivity index (χ1v) is 4.73. The minimum Gasteiger partial charge on any atom is -0.294 e. The molecule has 0 saturated heterocycles. The van der Waals surface area contributed by atoms with E-state index in [1.54, 1.807) is 6.08 Å². The maximum absolute atomic E-state index is 11.3. The molecule has 0 aromatic heterocycles. The predicted octanol–water partition coefficient (Wildman–Crippen LogP) is 2.49. The second-order valence-corrected chi connectivity index (χ2v) is 3.52. The van der Waals surface area contributed by atoms with E-state index in [0.717, 1.165) is 12.8 Å². The molecule has 0 unspecified atom stereocenters. The standard InChI is InChI=1S/C11H14O/c1-3-7-8(4-2)11-9(7)5-6-10(11)12/h5-6,9,11H,3-4H2,1-2H3/t9-,11+/m1/s1. The highest BCUT2D eigenvalue weighted by molar-refractivity contribution is 5.99. The first kappa shape index (κ1) is 7.78. The molecule has 2 atom stereocenters. The van der Waals surface area contributed by atoms with Gasteiger partial charge in [-0.05, 0) is 18.9 Å². The van der Waals surface area contributed by atoms with E-state index in [1.165, 1.54) is 11.1 Å². The quantitative estimate of drug-likeness (QED) is 0.570. The Kier molecular flexibility index (Phi) is 1.67. The van der Waals surface area contributed by atoms with Crippen LogP contribution >= 0.6 is 0 Å². The van der Waals surface area contributed by atoms with Crippen molar-refractivity contribution in [1.82, 2.24) is 0 Å². The molecule has 0 N–H and O–H groups in total. The fourth-order valence-electron chi connectivity index (χ4n) is 2.52. The monoisotopic (exact) mass is 162 g/mol. The molecule has 1 nitrogen and oxygen atoms in total. The lowest BCUT2D eigenvalue weighted by Gasteiger charge is -2.35. The molecule has 0 radical (unpaired) electrons. The van der Waals surface area contributed by atoms with Gasteiger partial charge >= 0.3 is 0 Å². The van der Waals surface area contributed by atoms with Crippen molar-refractivity contribution >= 4 is 5.78 Å². The summed E-state index contributed by atoms with van der Waals surface area (Å²) in [6.07, 6.45) is 6.00. The summed E-state index contributed by atoms with van der Waals surface area (Å²) in [6.45, 7) is 4.32. The second kappa shape index (κ2) is 2.58. The van der Waals surface area contributed by atoms with Gasteiger partial charge in [0.05, 0.1) is 5.92 Å². The third kappa shape index (κ3) is 0.767. The van der Waals surface area contributed by atoms with Crippen molar-refractivity contribution in [2.45, 2.75) is 26.7 Å². The van der Waals surface area contributed by atoms with Gasteiger partial charge in [-0.2, -0.15) is 0 Å². The summed E-state index contributed by atoms with van der Waals surface area (Å²) in [7, 11) is 0. The maximum Gasteiger partial charge on any atom is 0.163 e. The van der Waals surface area contributed by atoms with Gasteiger partial charge in [-0.3, -0.25) is 4.79 Å². The zero-order valence-electron chi connectivity index (χ0n) is 7.63. The minimum absolute atomic E-state index is 0.255. The molecule has 2 aliphatic rings. The lowest BCUT2D eigenvalue weighted by Crippen LogP contribution is -2.30. The van der Waals surface area contributed by atoms with Crippen molar-refractivity contribution in [3.8, 4) is 0 Å². The Morgan fingerprint density at radius 2 is 1.92 bits per heavy atom. The molecule has 2 aliphatic carbocycles. The summed E-state index contributed by atoms with van der Waals surface area (Å²) in [5.74, 6) is 1.07. The molecule has 0 aromatic carbocycles. The maximum atomic E-state index is 11.3. The van der Waals surface area contributed by atoms with E-state index in [0.29, 0.717) is 11.7 Å². The number of ketones is 1. The van der Waals surface area contributed by atoms with Crippen LogP contribution in [0.5, 0.6) is 0 Å². The van der Waals surface area contributed by atoms with Gasteiger partial charge < -0.3 is 0 Å². The van der Waals surface area contributed by atoms with Gasteiger partial charge in [0.15, 0.2) is 5.78 Å². The highest BCUT2D eigenvalue weighted by Crippen LogP contribution is 2.48. The molecule has 0 amide bonds. The molecular formula is C11H14O. The Morgan fingerprint density at radius 1 is 1.25 bits per heavy atom. The van der Waals surface area contributed by atoms with Crippen LogP contribution in [0.25, 0.3) is 0 Å². The van der Waals surface area contributed by atoms with Crippen LogP contribution in [0.3, 0.4) is 0 Å². The van der Waals surface area contributed by atoms with Crippen molar-refractivity contribution in [2.75, 3.05) is 0 Å². The van der Waals surface area contributed by atoms with Crippen molar-refractivity contribution in [3.05, 3.63) is 23.3 Å². The van der Waals surface area contributed by atoms with E-state index in [9.17, 15) is 4.79 Å². The van der Waals surface area contributed by atoms with Crippen LogP contribution in [0.2, 0.25) is 0 Å². The van der Waals surface area contributed by atoms with Gasteiger partial charge in [0.25, 0.3) is 0 Å². The number of fused-ring (bicyclic) bond motifs is 1. The fourth-order valence-corrected chi connectivity index (χ4v) is 2.52. The first-order valence-electron chi connectivity index (χ1n) is 4.73. The van der Waals surface area contributed by atoms with Gasteiger partial charge in [0, 0.05) is 5.92 Å². The summed E-state index contributed by atoms with van der Waals surface area (Å²) in [5, 5.41) is 0. The van der Waals surface area contributed by atoms with Gasteiger partial charge in [0.1, 0.15) is 0 Å². The average molecular weight is 162 g/mol. The number of hydrogen-bond donors (Lipinski definition) is 0. The van der Waals surface area contributed by atoms with Gasteiger partial charge in [0.2, 0.25) is 0 Å². The van der Waals surface area contributed by atoms with Crippen LogP contribution in [0.1, 0.15) is 26.7 Å². The molecule has 2 rings (SSSR count). The van der Waals surface area contributed by atoms with Crippen LogP contribution in [0.15, 0.2) is 23.3 Å². The summed E-state index contributed by atoms with van der Waals surface area (Å²) in [4.78, 5) is 11.3. The highest BCUT2D eigenvalue weighted by atomic mass is 16.1. The Balaban J connectivity index is 2.31. The third-order valence-corrected chi connectivity index (χ3v) is 3.09. The third-order valence-electron chi connectivity index (χ3n) is 3.09. The molecule has 0 aromatic rings. The number of carbonyl (C=O) groups is 1. The Bertz CT molecular complexity index is 277. The molecule has 0 saturated carbocycles. The van der Waals surface area contributed by atoms with Crippen LogP contribution in [-0.4, -0.2) is 5.78 Å². The van der Waals surface area contributed by atoms with Crippen LogP contribution in [0.4, 0.5) is 0 Å². The summed E-state index contributed by atoms with van der Waals surface area (Å²) in [5.41, 5.74) is 2.93. The van der Waals surface area contributed by atoms with Crippen molar-refractivity contribution in [3.63, 3.8) is 0 Å². The second-order valence-electron chi connectivity index (χ2n) is 3.52. The van der Waals surface area contributed by atoms with E-state index in [4.69, 9.17) is 0 Å². The SMILES string of the molecule is CCC1=C(CC)[C@H]2C=CC(=O)[C@@H]12. The molecular weight excluding hydrogens is 148 g/mol. The van der Waals surface area contributed by atoms with Crippen LogP contribution in [-0.2, 0) is 4.79 Å². The predicted molar refractivity (Wildman–Crippen MR) is 48.7 cm³/mol. The van der Waals surface area contributed by atoms with Gasteiger partial charge in [-0.25, -0.2) is 0 Å². The number of rotatable bonds is 2. The zero-order chi connectivity index (χ0) is 8.72. The van der Waals surface area contributed by atoms with Crippen molar-refractivity contribution in [2.24, 2.45) is 11.8 Å². The number of carbonyl (C=O) groups excluding carboxylic acids is 1. The largest absolute Gasteiger partial charge is 0.294 e. The lowest BCUT2D eigenvalue weighted by molar-refractivity contribution is -0.117. The normalized spacial score (nSPS) is 32.3. The average Bonchev–Trinajstić information content (AvgIpc) is 2.31. The summed E-state index contributed by atoms with van der Waals surface area (Å²) in [6, 6.07) is 0. The van der Waals surface area contributed by atoms with Crippen molar-refractivity contribution in [1.29, 1.82) is 0 Å². The molecule has 0 heterocycles. The zero-order valence-corrected chi connectivity index (χ0v) is 7.63. The Labute approximate surface area is 73.2 Å².